The first-order valence-electron chi connectivity index (χ1n) is 8.19. The molecule has 0 spiro atoms. The minimum atomic E-state index is -0.415. The summed E-state index contributed by atoms with van der Waals surface area (Å²) in [5, 5.41) is 3.90. The van der Waals surface area contributed by atoms with Gasteiger partial charge in [0.1, 0.15) is 4.88 Å². The number of aryl methyl sites for hydroxylation is 2. The molecule has 0 aliphatic carbocycles. The number of hydrogen-bond donors (Lipinski definition) is 2. The number of rotatable bonds is 4. The van der Waals surface area contributed by atoms with Gasteiger partial charge >= 0.3 is 0 Å². The fraction of sp³-hybridized carbons (Fsp3) is 0.222. The highest BCUT2D eigenvalue weighted by atomic mass is 32.1. The van der Waals surface area contributed by atoms with E-state index in [1.54, 1.807) is 6.07 Å². The van der Waals surface area contributed by atoms with Crippen molar-refractivity contribution >= 4 is 23.3 Å². The molecule has 0 aliphatic rings. The normalized spacial score (nSPS) is 10.6. The van der Waals surface area contributed by atoms with Crippen molar-refractivity contribution in [2.75, 3.05) is 0 Å². The van der Waals surface area contributed by atoms with Crippen LogP contribution in [0, 0.1) is 13.8 Å². The SMILES string of the molecule is CCc1nnsc1C(=O)NNC(=O)c1cc(C)n(-c2ccccc2)c1C. The Morgan fingerprint density at radius 3 is 2.50 bits per heavy atom. The van der Waals surface area contributed by atoms with E-state index in [4.69, 9.17) is 0 Å². The molecule has 0 radical (unpaired) electrons. The second kappa shape index (κ2) is 7.49. The molecule has 3 aromatic rings. The highest BCUT2D eigenvalue weighted by molar-refractivity contribution is 7.08. The first kappa shape index (κ1) is 17.8. The molecule has 0 atom stereocenters. The lowest BCUT2D eigenvalue weighted by Crippen LogP contribution is -2.41. The summed E-state index contributed by atoms with van der Waals surface area (Å²) < 4.78 is 5.78. The number of hydrogen-bond acceptors (Lipinski definition) is 5. The molecule has 26 heavy (non-hydrogen) atoms. The Hall–Kier alpha value is -3.00. The van der Waals surface area contributed by atoms with E-state index in [9.17, 15) is 9.59 Å². The Balaban J connectivity index is 1.76. The van der Waals surface area contributed by atoms with E-state index >= 15 is 0 Å². The number of carbonyl (C=O) groups excluding carboxylic acids is 2. The van der Waals surface area contributed by atoms with Crippen LogP contribution in [0.3, 0.4) is 0 Å². The molecule has 0 saturated heterocycles. The monoisotopic (exact) mass is 369 g/mol. The molecular weight excluding hydrogens is 350 g/mol. The standard InChI is InChI=1S/C18H19N5O2S/c1-4-15-16(26-22-19-15)18(25)21-20-17(24)14-10-11(2)23(12(14)3)13-8-6-5-7-9-13/h5-10H,4H2,1-3H3,(H,20,24)(H,21,25). The summed E-state index contributed by atoms with van der Waals surface area (Å²) in [7, 11) is 0. The third-order valence-corrected chi connectivity index (χ3v) is 4.84. The average molecular weight is 369 g/mol. The highest BCUT2D eigenvalue weighted by Crippen LogP contribution is 2.20. The van der Waals surface area contributed by atoms with Crippen molar-refractivity contribution in [2.45, 2.75) is 27.2 Å². The van der Waals surface area contributed by atoms with Crippen molar-refractivity contribution < 1.29 is 9.59 Å². The molecule has 7 nitrogen and oxygen atoms in total. The van der Waals surface area contributed by atoms with Gasteiger partial charge < -0.3 is 4.57 Å². The Bertz CT molecular complexity index is 946. The van der Waals surface area contributed by atoms with Crippen LogP contribution in [-0.2, 0) is 6.42 Å². The van der Waals surface area contributed by atoms with Gasteiger partial charge in [0.25, 0.3) is 11.8 Å². The zero-order chi connectivity index (χ0) is 18.7. The van der Waals surface area contributed by atoms with Crippen LogP contribution in [0.25, 0.3) is 5.69 Å². The van der Waals surface area contributed by atoms with E-state index < -0.39 is 5.91 Å². The number of amides is 2. The summed E-state index contributed by atoms with van der Waals surface area (Å²) in [6.45, 7) is 5.70. The molecule has 0 saturated carbocycles. The largest absolute Gasteiger partial charge is 0.318 e. The van der Waals surface area contributed by atoms with Crippen LogP contribution >= 0.6 is 11.5 Å². The van der Waals surface area contributed by atoms with Gasteiger partial charge in [-0.25, -0.2) is 0 Å². The number of carbonyl (C=O) groups is 2. The van der Waals surface area contributed by atoms with E-state index in [1.165, 1.54) is 0 Å². The van der Waals surface area contributed by atoms with Crippen LogP contribution in [0.4, 0.5) is 0 Å². The molecule has 3 rings (SSSR count). The topological polar surface area (TPSA) is 88.9 Å². The molecule has 2 amide bonds. The minimum Gasteiger partial charge on any atom is -0.318 e. The third kappa shape index (κ3) is 3.36. The third-order valence-electron chi connectivity index (χ3n) is 4.08. The van der Waals surface area contributed by atoms with E-state index in [2.05, 4.69) is 20.4 Å². The van der Waals surface area contributed by atoms with Gasteiger partial charge in [0.05, 0.1) is 11.3 Å². The van der Waals surface area contributed by atoms with E-state index in [0.29, 0.717) is 22.6 Å². The van der Waals surface area contributed by atoms with E-state index in [1.807, 2.05) is 55.7 Å². The summed E-state index contributed by atoms with van der Waals surface area (Å²) in [6, 6.07) is 11.6. The molecule has 0 aliphatic heterocycles. The Labute approximate surface area is 155 Å². The molecule has 134 valence electrons. The molecule has 2 N–H and O–H groups in total. The van der Waals surface area contributed by atoms with Gasteiger partial charge in [-0.2, -0.15) is 0 Å². The Kier molecular flexibility index (Phi) is 5.13. The lowest BCUT2D eigenvalue weighted by molar-refractivity contribution is 0.0848. The molecule has 2 heterocycles. The molecular formula is C18H19N5O2S. The van der Waals surface area contributed by atoms with Crippen molar-refractivity contribution in [3.63, 3.8) is 0 Å². The molecule has 0 unspecified atom stereocenters. The Morgan fingerprint density at radius 2 is 1.81 bits per heavy atom. The average Bonchev–Trinajstić information content (AvgIpc) is 3.24. The van der Waals surface area contributed by atoms with Crippen molar-refractivity contribution in [3.05, 3.63) is 63.9 Å². The van der Waals surface area contributed by atoms with Gasteiger partial charge in [-0.15, -0.1) is 5.10 Å². The summed E-state index contributed by atoms with van der Waals surface area (Å²) in [4.78, 5) is 25.1. The zero-order valence-corrected chi connectivity index (χ0v) is 15.6. The summed E-state index contributed by atoms with van der Waals surface area (Å²) in [6.07, 6.45) is 0.603. The van der Waals surface area contributed by atoms with Gasteiger partial charge in [-0.3, -0.25) is 20.4 Å². The van der Waals surface area contributed by atoms with Crippen LogP contribution in [0.2, 0.25) is 0 Å². The van der Waals surface area contributed by atoms with Crippen molar-refractivity contribution in [2.24, 2.45) is 0 Å². The Morgan fingerprint density at radius 1 is 1.12 bits per heavy atom. The lowest BCUT2D eigenvalue weighted by Gasteiger charge is -2.10. The second-order valence-corrected chi connectivity index (χ2v) is 6.52. The predicted octanol–water partition coefficient (Wildman–Crippen LogP) is 2.58. The smallest absolute Gasteiger partial charge is 0.283 e. The fourth-order valence-electron chi connectivity index (χ4n) is 2.82. The second-order valence-electron chi connectivity index (χ2n) is 5.77. The van der Waals surface area contributed by atoms with Crippen LogP contribution in [0.1, 0.15) is 44.0 Å². The maximum absolute atomic E-state index is 12.5. The number of hydrazine groups is 1. The van der Waals surface area contributed by atoms with Crippen molar-refractivity contribution in [1.82, 2.24) is 25.0 Å². The van der Waals surface area contributed by atoms with Gasteiger partial charge in [0.2, 0.25) is 0 Å². The van der Waals surface area contributed by atoms with E-state index in [-0.39, 0.29) is 5.91 Å². The van der Waals surface area contributed by atoms with Crippen molar-refractivity contribution in [3.8, 4) is 5.69 Å². The van der Waals surface area contributed by atoms with Crippen LogP contribution in [0.15, 0.2) is 36.4 Å². The van der Waals surface area contributed by atoms with Gasteiger partial charge in [-0.05, 0) is 50.0 Å². The zero-order valence-electron chi connectivity index (χ0n) is 14.7. The first-order chi connectivity index (χ1) is 12.5. The lowest BCUT2D eigenvalue weighted by atomic mass is 10.2. The van der Waals surface area contributed by atoms with Gasteiger partial charge in [-0.1, -0.05) is 29.6 Å². The van der Waals surface area contributed by atoms with Gasteiger partial charge in [0, 0.05) is 17.1 Å². The molecule has 0 fully saturated rings. The fourth-order valence-corrected chi connectivity index (χ4v) is 3.46. The van der Waals surface area contributed by atoms with Crippen molar-refractivity contribution in [1.29, 1.82) is 0 Å². The quantitative estimate of drug-likeness (QED) is 0.692. The maximum atomic E-state index is 12.5. The number of benzene rings is 1. The predicted molar refractivity (Wildman–Crippen MR) is 99.5 cm³/mol. The number of para-hydroxylation sites is 1. The minimum absolute atomic E-state index is 0.371. The summed E-state index contributed by atoms with van der Waals surface area (Å²) in [5.74, 6) is -0.786. The first-order valence-corrected chi connectivity index (χ1v) is 8.96. The summed E-state index contributed by atoms with van der Waals surface area (Å²) >= 11 is 1.01. The number of aromatic nitrogens is 3. The van der Waals surface area contributed by atoms with Gasteiger partial charge in [0.15, 0.2) is 0 Å². The van der Waals surface area contributed by atoms with E-state index in [0.717, 1.165) is 28.6 Å². The maximum Gasteiger partial charge on any atom is 0.283 e. The molecule has 1 aromatic carbocycles. The van der Waals surface area contributed by atoms with Crippen LogP contribution in [0.5, 0.6) is 0 Å². The number of nitrogens with zero attached hydrogens (tertiary/aromatic N) is 3. The van der Waals surface area contributed by atoms with Crippen LogP contribution in [-0.4, -0.2) is 26.0 Å². The summed E-state index contributed by atoms with van der Waals surface area (Å²) in [5.41, 5.74) is 8.74. The molecule has 0 bridgehead atoms. The highest BCUT2D eigenvalue weighted by Gasteiger charge is 2.19. The molecule has 2 aromatic heterocycles. The number of nitrogens with one attached hydrogen (secondary N) is 2. The molecule has 8 heteroatoms. The van der Waals surface area contributed by atoms with Crippen LogP contribution < -0.4 is 10.9 Å².